The van der Waals surface area contributed by atoms with E-state index in [1.165, 1.54) is 0 Å². The summed E-state index contributed by atoms with van der Waals surface area (Å²) in [6, 6.07) is 5.73. The second-order valence-electron chi connectivity index (χ2n) is 8.14. The fraction of sp³-hybridized carbons (Fsp3) is 0.600. The molecule has 27 heavy (non-hydrogen) atoms. The van der Waals surface area contributed by atoms with E-state index in [2.05, 4.69) is 0 Å². The van der Waals surface area contributed by atoms with Gasteiger partial charge in [0.15, 0.2) is 11.5 Å². The minimum Gasteiger partial charge on any atom is -0.486 e. The Labute approximate surface area is 158 Å². The van der Waals surface area contributed by atoms with Crippen LogP contribution in [-0.2, 0) is 9.59 Å². The van der Waals surface area contributed by atoms with Crippen molar-refractivity contribution >= 4 is 17.5 Å². The average molecular weight is 371 g/mol. The highest BCUT2D eigenvalue weighted by Gasteiger charge is 2.45. The highest BCUT2D eigenvalue weighted by atomic mass is 16.6. The Balaban J connectivity index is 1.28. The van der Waals surface area contributed by atoms with Crippen LogP contribution in [-0.4, -0.2) is 55.6 Å². The van der Waals surface area contributed by atoms with E-state index in [1.54, 1.807) is 4.90 Å². The van der Waals surface area contributed by atoms with Gasteiger partial charge >= 0.3 is 0 Å². The summed E-state index contributed by atoms with van der Waals surface area (Å²) in [5.74, 6) is 2.13. The molecule has 2 N–H and O–H groups in total. The van der Waals surface area contributed by atoms with E-state index in [0.717, 1.165) is 31.6 Å². The minimum absolute atomic E-state index is 0.0129. The Morgan fingerprint density at radius 3 is 2.70 bits per heavy atom. The lowest BCUT2D eigenvalue weighted by Gasteiger charge is -2.23. The van der Waals surface area contributed by atoms with E-state index in [4.69, 9.17) is 15.2 Å². The molecule has 1 aliphatic carbocycles. The SMILES string of the molecule is NC1CCC2CN(C(=O)C3CC(=O)N(c4ccc5c(c4)OCCO5)C3)CC12. The van der Waals surface area contributed by atoms with Crippen LogP contribution in [0.1, 0.15) is 19.3 Å². The van der Waals surface area contributed by atoms with Gasteiger partial charge in [0.1, 0.15) is 13.2 Å². The molecule has 4 aliphatic rings. The molecule has 1 aromatic rings. The summed E-state index contributed by atoms with van der Waals surface area (Å²) in [6.07, 6.45) is 2.45. The highest BCUT2D eigenvalue weighted by molar-refractivity contribution is 6.00. The number of hydrogen-bond donors (Lipinski definition) is 1. The number of rotatable bonds is 2. The van der Waals surface area contributed by atoms with Gasteiger partial charge in [-0.15, -0.1) is 0 Å². The number of carbonyl (C=O) groups is 2. The lowest BCUT2D eigenvalue weighted by Crippen LogP contribution is -2.38. The largest absolute Gasteiger partial charge is 0.486 e. The van der Waals surface area contributed by atoms with Gasteiger partial charge in [-0.2, -0.15) is 0 Å². The van der Waals surface area contributed by atoms with Crippen LogP contribution in [0.25, 0.3) is 0 Å². The Morgan fingerprint density at radius 2 is 1.89 bits per heavy atom. The predicted octanol–water partition coefficient (Wildman–Crippen LogP) is 1.01. The smallest absolute Gasteiger partial charge is 0.228 e. The van der Waals surface area contributed by atoms with Crippen molar-refractivity contribution in [3.05, 3.63) is 18.2 Å². The first kappa shape index (κ1) is 16.9. The number of anilines is 1. The van der Waals surface area contributed by atoms with E-state index in [-0.39, 0.29) is 30.2 Å². The van der Waals surface area contributed by atoms with Gasteiger partial charge in [0.05, 0.1) is 5.92 Å². The molecule has 5 rings (SSSR count). The molecule has 1 aromatic carbocycles. The van der Waals surface area contributed by atoms with Crippen molar-refractivity contribution < 1.29 is 19.1 Å². The molecule has 0 spiro atoms. The van der Waals surface area contributed by atoms with Gasteiger partial charge < -0.3 is 25.0 Å². The number of benzene rings is 1. The molecule has 3 fully saturated rings. The van der Waals surface area contributed by atoms with Crippen molar-refractivity contribution in [1.82, 2.24) is 4.90 Å². The first-order chi connectivity index (χ1) is 13.1. The fourth-order valence-corrected chi connectivity index (χ4v) is 5.07. The zero-order valence-electron chi connectivity index (χ0n) is 15.3. The van der Waals surface area contributed by atoms with Gasteiger partial charge in [0.25, 0.3) is 0 Å². The topological polar surface area (TPSA) is 85.1 Å². The number of ether oxygens (including phenoxy) is 2. The molecule has 4 unspecified atom stereocenters. The number of nitrogens with two attached hydrogens (primary N) is 1. The van der Waals surface area contributed by atoms with Crippen LogP contribution in [0.3, 0.4) is 0 Å². The van der Waals surface area contributed by atoms with Crippen LogP contribution < -0.4 is 20.1 Å². The second kappa shape index (κ2) is 6.41. The standard InChI is InChI=1S/C20H25N3O4/c21-16-3-1-12-9-22(11-15(12)16)20(25)13-7-19(24)23(10-13)14-2-4-17-18(8-14)27-6-5-26-17/h2,4,8,12-13,15-16H,1,3,5-7,9-11,21H2. The van der Waals surface area contributed by atoms with Gasteiger partial charge in [-0.1, -0.05) is 0 Å². The minimum atomic E-state index is -0.277. The van der Waals surface area contributed by atoms with Crippen LogP contribution in [0.4, 0.5) is 5.69 Å². The molecule has 7 nitrogen and oxygen atoms in total. The van der Waals surface area contributed by atoms with Crippen LogP contribution in [0.15, 0.2) is 18.2 Å². The summed E-state index contributed by atoms with van der Waals surface area (Å²) >= 11 is 0. The normalized spacial score (nSPS) is 32.1. The summed E-state index contributed by atoms with van der Waals surface area (Å²) in [7, 11) is 0. The predicted molar refractivity (Wildman–Crippen MR) is 98.7 cm³/mol. The molecule has 1 saturated carbocycles. The van der Waals surface area contributed by atoms with E-state index >= 15 is 0 Å². The Bertz CT molecular complexity index is 782. The van der Waals surface area contributed by atoms with Gasteiger partial charge in [0.2, 0.25) is 11.8 Å². The maximum Gasteiger partial charge on any atom is 0.228 e. The first-order valence-corrected chi connectivity index (χ1v) is 9.84. The summed E-state index contributed by atoms with van der Waals surface area (Å²) in [5, 5.41) is 0. The number of nitrogens with zero attached hydrogens (tertiary/aromatic N) is 2. The third kappa shape index (κ3) is 2.84. The highest BCUT2D eigenvalue weighted by Crippen LogP contribution is 2.39. The zero-order chi connectivity index (χ0) is 18.5. The lowest BCUT2D eigenvalue weighted by molar-refractivity contribution is -0.135. The molecule has 0 aromatic heterocycles. The number of likely N-dealkylation sites (tertiary alicyclic amines) is 1. The van der Waals surface area contributed by atoms with Gasteiger partial charge in [-0.05, 0) is 36.8 Å². The third-order valence-electron chi connectivity index (χ3n) is 6.54. The maximum atomic E-state index is 13.0. The maximum absolute atomic E-state index is 13.0. The van der Waals surface area contributed by atoms with Gasteiger partial charge in [0, 0.05) is 43.9 Å². The second-order valence-corrected chi connectivity index (χ2v) is 8.14. The molecule has 144 valence electrons. The molecule has 7 heteroatoms. The Morgan fingerprint density at radius 1 is 1.07 bits per heavy atom. The summed E-state index contributed by atoms with van der Waals surface area (Å²) in [5.41, 5.74) is 6.95. The monoisotopic (exact) mass is 371 g/mol. The van der Waals surface area contributed by atoms with Crippen LogP contribution in [0, 0.1) is 17.8 Å². The molecule has 2 saturated heterocycles. The number of fused-ring (bicyclic) bond motifs is 2. The number of amides is 2. The fourth-order valence-electron chi connectivity index (χ4n) is 5.07. The molecule has 3 aliphatic heterocycles. The van der Waals surface area contributed by atoms with Crippen molar-refractivity contribution in [2.75, 3.05) is 37.7 Å². The lowest BCUT2D eigenvalue weighted by atomic mass is 9.98. The molecular formula is C20H25N3O4. The summed E-state index contributed by atoms with van der Waals surface area (Å²) < 4.78 is 11.2. The van der Waals surface area contributed by atoms with E-state index in [0.29, 0.717) is 43.1 Å². The molecule has 3 heterocycles. The molecule has 0 radical (unpaired) electrons. The summed E-state index contributed by atoms with van der Waals surface area (Å²) in [6.45, 7) is 3.01. The van der Waals surface area contributed by atoms with Crippen molar-refractivity contribution in [2.45, 2.75) is 25.3 Å². The van der Waals surface area contributed by atoms with E-state index < -0.39 is 0 Å². The van der Waals surface area contributed by atoms with Crippen LogP contribution >= 0.6 is 0 Å². The van der Waals surface area contributed by atoms with Crippen LogP contribution in [0.5, 0.6) is 11.5 Å². The van der Waals surface area contributed by atoms with E-state index in [9.17, 15) is 9.59 Å². The summed E-state index contributed by atoms with van der Waals surface area (Å²) in [4.78, 5) is 29.2. The number of hydrogen-bond acceptors (Lipinski definition) is 5. The Hall–Kier alpha value is -2.28. The molecular weight excluding hydrogens is 346 g/mol. The van der Waals surface area contributed by atoms with Crippen molar-refractivity contribution in [1.29, 1.82) is 0 Å². The zero-order valence-corrected chi connectivity index (χ0v) is 15.3. The van der Waals surface area contributed by atoms with Crippen LogP contribution in [0.2, 0.25) is 0 Å². The van der Waals surface area contributed by atoms with Crippen molar-refractivity contribution in [3.63, 3.8) is 0 Å². The number of carbonyl (C=O) groups excluding carboxylic acids is 2. The van der Waals surface area contributed by atoms with Crippen molar-refractivity contribution in [3.8, 4) is 11.5 Å². The van der Waals surface area contributed by atoms with Gasteiger partial charge in [-0.3, -0.25) is 9.59 Å². The van der Waals surface area contributed by atoms with E-state index in [1.807, 2.05) is 23.1 Å². The van der Waals surface area contributed by atoms with Gasteiger partial charge in [-0.25, -0.2) is 0 Å². The molecule has 0 bridgehead atoms. The molecule has 2 amide bonds. The molecule has 4 atom stereocenters. The Kier molecular flexibility index (Phi) is 4.00. The third-order valence-corrected chi connectivity index (χ3v) is 6.54. The average Bonchev–Trinajstić information content (AvgIpc) is 3.37. The first-order valence-electron chi connectivity index (χ1n) is 9.84. The van der Waals surface area contributed by atoms with Crippen molar-refractivity contribution in [2.24, 2.45) is 23.5 Å². The quantitative estimate of drug-likeness (QED) is 0.839.